The van der Waals surface area contributed by atoms with Crippen molar-refractivity contribution in [3.8, 4) is 0 Å². The Balaban J connectivity index is 1.16. The monoisotopic (exact) mass is 925 g/mol. The van der Waals surface area contributed by atoms with Gasteiger partial charge in [-0.25, -0.2) is 14.4 Å². The van der Waals surface area contributed by atoms with Crippen LogP contribution in [0.4, 0.5) is 5.69 Å². The highest BCUT2D eigenvalue weighted by molar-refractivity contribution is 6.33. The van der Waals surface area contributed by atoms with E-state index < -0.39 is 59.5 Å². The number of ether oxygens (including phenoxy) is 3. The molecule has 5 rings (SSSR count). The molecule has 1 aromatic rings. The van der Waals surface area contributed by atoms with Gasteiger partial charge in [-0.3, -0.25) is 9.86 Å². The number of rotatable bonds is 26. The molecule has 0 amide bonds. The molecule has 2 fully saturated rings. The van der Waals surface area contributed by atoms with E-state index in [0.29, 0.717) is 28.3 Å². The number of carbonyl (C=O) groups is 3. The summed E-state index contributed by atoms with van der Waals surface area (Å²) in [5.41, 5.74) is -0.913. The van der Waals surface area contributed by atoms with Crippen LogP contribution in [0.5, 0.6) is 0 Å². The second kappa shape index (κ2) is 25.1. The van der Waals surface area contributed by atoms with Crippen molar-refractivity contribution in [2.45, 2.75) is 212 Å². The van der Waals surface area contributed by atoms with Crippen LogP contribution in [0.2, 0.25) is 5.02 Å². The predicted octanol–water partition coefficient (Wildman–Crippen LogP) is 11.6. The van der Waals surface area contributed by atoms with Gasteiger partial charge in [0, 0.05) is 44.1 Å². The molecule has 65 heavy (non-hydrogen) atoms. The summed E-state index contributed by atoms with van der Waals surface area (Å²) in [5.74, 6) is -2.83. The minimum Gasteiger partial charge on any atom is -0.462 e. The summed E-state index contributed by atoms with van der Waals surface area (Å²) in [4.78, 5) is 48.1. The molecule has 364 valence electrons. The van der Waals surface area contributed by atoms with Crippen LogP contribution in [0.3, 0.4) is 0 Å². The van der Waals surface area contributed by atoms with Crippen molar-refractivity contribution in [2.75, 3.05) is 18.7 Å². The van der Waals surface area contributed by atoms with Crippen LogP contribution in [0.15, 0.2) is 54.3 Å². The van der Waals surface area contributed by atoms with E-state index in [2.05, 4.69) is 13.5 Å². The quantitative estimate of drug-likeness (QED) is 0.0302. The number of fused-ring (bicyclic) bond motifs is 4. The first-order valence-electron chi connectivity index (χ1n) is 25.1. The van der Waals surface area contributed by atoms with E-state index in [1.807, 2.05) is 26.8 Å². The van der Waals surface area contributed by atoms with Gasteiger partial charge in [-0.05, 0) is 56.6 Å². The molecule has 0 radical (unpaired) electrons. The van der Waals surface area contributed by atoms with Gasteiger partial charge < -0.3 is 29.3 Å². The molecule has 11 nitrogen and oxygen atoms in total. The van der Waals surface area contributed by atoms with Crippen molar-refractivity contribution in [1.29, 1.82) is 0 Å². The lowest BCUT2D eigenvalue weighted by Crippen LogP contribution is -2.66. The fourth-order valence-electron chi connectivity index (χ4n) is 10.9. The minimum atomic E-state index is -1.77. The first-order valence-corrected chi connectivity index (χ1v) is 25.5. The number of benzene rings is 1. The molecule has 9 atom stereocenters. The molecule has 1 aromatic carbocycles. The number of hydrogen-bond acceptors (Lipinski definition) is 11. The lowest BCUT2D eigenvalue weighted by molar-refractivity contribution is -0.222. The molecule has 1 saturated heterocycles. The minimum absolute atomic E-state index is 0.0879. The Morgan fingerprint density at radius 2 is 1.45 bits per heavy atom. The maximum Gasteiger partial charge on any atom is 0.332 e. The fourth-order valence-corrected chi connectivity index (χ4v) is 11.2. The third-order valence-electron chi connectivity index (χ3n) is 14.7. The van der Waals surface area contributed by atoms with Gasteiger partial charge in [0.05, 0.1) is 17.3 Å². The van der Waals surface area contributed by atoms with E-state index in [1.165, 1.54) is 132 Å². The van der Waals surface area contributed by atoms with Gasteiger partial charge in [-0.1, -0.05) is 171 Å². The van der Waals surface area contributed by atoms with Gasteiger partial charge in [-0.15, -0.1) is 0 Å². The average molecular weight is 926 g/mol. The van der Waals surface area contributed by atoms with Gasteiger partial charge in [-0.2, -0.15) is 0 Å². The Hall–Kier alpha value is -3.38. The van der Waals surface area contributed by atoms with Crippen molar-refractivity contribution in [3.63, 3.8) is 0 Å². The Morgan fingerprint density at radius 1 is 0.877 bits per heavy atom. The predicted molar refractivity (Wildman–Crippen MR) is 257 cm³/mol. The van der Waals surface area contributed by atoms with Crippen LogP contribution in [-0.2, 0) is 39.0 Å². The number of nitrogens with zero attached hydrogens (tertiary/aromatic N) is 2. The molecule has 0 bridgehead atoms. The molecule has 2 heterocycles. The molecule has 2 N–H and O–H groups in total. The van der Waals surface area contributed by atoms with Gasteiger partial charge >= 0.3 is 17.9 Å². The molecule has 0 unspecified atom stereocenters. The smallest absolute Gasteiger partial charge is 0.332 e. The highest BCUT2D eigenvalue weighted by atomic mass is 35.5. The largest absolute Gasteiger partial charge is 0.462 e. The van der Waals surface area contributed by atoms with Crippen molar-refractivity contribution in [2.24, 2.45) is 17.8 Å². The first-order chi connectivity index (χ1) is 31.1. The standard InChI is InChI=1S/C53H81ClN2O9/c1-8-9-10-11-12-13-14-15-16-17-18-19-20-21-22-23-24-25-26-34-62-46(58)32-33-56-45(36-52(60)42-28-27-29-44(54)47(42)55(7)65-51(52)56)50(59)64-49-48(63-40(6)57)38(4)35-43-41(37(2)3)31-30-39(5)53(43,49)61/h27-29,32-33,35,39,41,43,45,48-49,51,60-61H,2,8-26,30-31,34,36H2,1,3-7H3/b33-32+/t39-,41+,43-,45+,48-,49+,51-,52-,53-/m1/s1. The molecular weight excluding hydrogens is 844 g/mol. The average Bonchev–Trinajstić information content (AvgIpc) is 3.56. The van der Waals surface area contributed by atoms with Crippen molar-refractivity contribution in [3.05, 3.63) is 64.9 Å². The summed E-state index contributed by atoms with van der Waals surface area (Å²) in [5, 5.41) is 27.0. The van der Waals surface area contributed by atoms with E-state index in [4.69, 9.17) is 30.6 Å². The number of aliphatic hydroxyl groups is 2. The molecule has 2 aliphatic heterocycles. The molecular formula is C53H81ClN2O9. The van der Waals surface area contributed by atoms with Crippen LogP contribution < -0.4 is 5.06 Å². The maximum atomic E-state index is 14.7. The summed E-state index contributed by atoms with van der Waals surface area (Å²) in [6.07, 6.45) is 26.7. The summed E-state index contributed by atoms with van der Waals surface area (Å²) >= 11 is 6.61. The molecule has 0 aromatic heterocycles. The Kier molecular flexibility index (Phi) is 20.3. The lowest BCUT2D eigenvalue weighted by Gasteiger charge is -2.55. The van der Waals surface area contributed by atoms with E-state index in [9.17, 15) is 24.6 Å². The zero-order chi connectivity index (χ0) is 47.1. The second-order valence-electron chi connectivity index (χ2n) is 19.7. The number of unbranched alkanes of at least 4 members (excludes halogenated alkanes) is 18. The first kappa shape index (κ1) is 52.6. The van der Waals surface area contributed by atoms with Crippen LogP contribution in [0.1, 0.15) is 181 Å². The number of hydroxylamine groups is 1. The molecule has 12 heteroatoms. The number of hydrogen-bond donors (Lipinski definition) is 2. The van der Waals surface area contributed by atoms with Gasteiger partial charge in [0.1, 0.15) is 17.2 Å². The van der Waals surface area contributed by atoms with Crippen molar-refractivity contribution >= 4 is 35.2 Å². The third kappa shape index (κ3) is 13.2. The zero-order valence-electron chi connectivity index (χ0n) is 40.5. The fraction of sp³-hybridized carbons (Fsp3) is 0.717. The Morgan fingerprint density at radius 3 is 2.00 bits per heavy atom. The zero-order valence-corrected chi connectivity index (χ0v) is 41.3. The molecule has 1 saturated carbocycles. The van der Waals surface area contributed by atoms with E-state index in [0.717, 1.165) is 31.3 Å². The van der Waals surface area contributed by atoms with E-state index in [-0.39, 0.29) is 24.9 Å². The Labute approximate surface area is 395 Å². The van der Waals surface area contributed by atoms with Gasteiger partial charge in [0.15, 0.2) is 18.4 Å². The normalized spacial score (nSPS) is 28.3. The third-order valence-corrected chi connectivity index (χ3v) is 15.0. The highest BCUT2D eigenvalue weighted by Crippen LogP contribution is 2.54. The number of para-hydroxylation sites is 1. The molecule has 2 aliphatic carbocycles. The topological polar surface area (TPSA) is 135 Å². The summed E-state index contributed by atoms with van der Waals surface area (Å²) in [6, 6.07) is 3.94. The second-order valence-corrected chi connectivity index (χ2v) is 20.1. The summed E-state index contributed by atoms with van der Waals surface area (Å²) < 4.78 is 17.8. The van der Waals surface area contributed by atoms with Gasteiger partial charge in [0.2, 0.25) is 0 Å². The lowest BCUT2D eigenvalue weighted by atomic mass is 9.56. The van der Waals surface area contributed by atoms with Crippen LogP contribution >= 0.6 is 11.6 Å². The number of anilines is 1. The van der Waals surface area contributed by atoms with Crippen LogP contribution in [-0.4, -0.2) is 76.8 Å². The molecule has 4 aliphatic rings. The van der Waals surface area contributed by atoms with E-state index in [1.54, 1.807) is 25.2 Å². The number of esters is 3. The number of carbonyl (C=O) groups excluding carboxylic acids is 3. The SMILES string of the molecule is C=C(C)[C@@H]1CC[C@@H](C)[C@@]2(O)[C@@H]1C=C(C)[C@@H](OC(C)=O)[C@@H]2OC(=O)[C@@H]1C[C@@]2(O)c3cccc(Cl)c3N(C)O[C@H]2N1/C=C/C(=O)OCCCCCCCCCCCCCCCCCCCCC. The Bertz CT molecular complexity index is 1800. The van der Waals surface area contributed by atoms with Gasteiger partial charge in [0.25, 0.3) is 0 Å². The summed E-state index contributed by atoms with van der Waals surface area (Å²) in [7, 11) is 1.66. The molecule has 0 spiro atoms. The van der Waals surface area contributed by atoms with Crippen molar-refractivity contribution in [1.82, 2.24) is 4.90 Å². The number of likely N-dealkylation sites (tertiary alicyclic amines) is 1. The number of allylic oxidation sites excluding steroid dienone is 1. The van der Waals surface area contributed by atoms with Crippen LogP contribution in [0, 0.1) is 17.8 Å². The maximum absolute atomic E-state index is 14.7. The van der Waals surface area contributed by atoms with E-state index >= 15 is 0 Å². The summed E-state index contributed by atoms with van der Waals surface area (Å²) in [6.45, 7) is 13.7. The highest BCUT2D eigenvalue weighted by Gasteiger charge is 2.63. The number of halogens is 1. The van der Waals surface area contributed by atoms with Crippen molar-refractivity contribution < 1.29 is 43.6 Å². The van der Waals surface area contributed by atoms with Crippen LogP contribution in [0.25, 0.3) is 0 Å².